The fraction of sp³-hybridized carbons (Fsp3) is 0.529. The highest BCUT2D eigenvalue weighted by Crippen LogP contribution is 2.39. The lowest BCUT2D eigenvalue weighted by molar-refractivity contribution is -0.109. The summed E-state index contributed by atoms with van der Waals surface area (Å²) in [7, 11) is -0.520. The van der Waals surface area contributed by atoms with Gasteiger partial charge in [-0.2, -0.15) is 0 Å². The molecule has 1 saturated heterocycles. The SMILES string of the molecule is CC(=O)SCC(=Cc1ccc(=O)[nH]c1C)B1OC(C)(C)C(C)(C)O1. The maximum absolute atomic E-state index is 11.4. The molecular weight excluding hydrogens is 325 g/mol. The van der Waals surface area contributed by atoms with Crippen LogP contribution in [0.1, 0.15) is 45.9 Å². The van der Waals surface area contributed by atoms with Gasteiger partial charge >= 0.3 is 7.12 Å². The number of aryl methyl sites for hydroxylation is 1. The van der Waals surface area contributed by atoms with Gasteiger partial charge in [0, 0.05) is 24.4 Å². The Kier molecular flexibility index (Phi) is 5.47. The van der Waals surface area contributed by atoms with E-state index < -0.39 is 18.3 Å². The number of carbonyl (C=O) groups is 1. The Morgan fingerprint density at radius 2 is 1.83 bits per heavy atom. The summed E-state index contributed by atoms with van der Waals surface area (Å²) in [6, 6.07) is 3.25. The summed E-state index contributed by atoms with van der Waals surface area (Å²) in [6.07, 6.45) is 1.93. The molecule has 7 heteroatoms. The summed E-state index contributed by atoms with van der Waals surface area (Å²) in [4.78, 5) is 25.6. The van der Waals surface area contributed by atoms with Crippen molar-refractivity contribution in [3.63, 3.8) is 0 Å². The van der Waals surface area contributed by atoms with Crippen molar-refractivity contribution in [2.24, 2.45) is 0 Å². The molecule has 0 aromatic carbocycles. The van der Waals surface area contributed by atoms with Gasteiger partial charge in [0.15, 0.2) is 5.12 Å². The predicted molar refractivity (Wildman–Crippen MR) is 99.0 cm³/mol. The number of H-pyrrole nitrogens is 1. The molecule has 0 amide bonds. The van der Waals surface area contributed by atoms with Crippen LogP contribution in [0.5, 0.6) is 0 Å². The maximum atomic E-state index is 11.4. The van der Waals surface area contributed by atoms with Crippen molar-refractivity contribution >= 4 is 30.1 Å². The summed E-state index contributed by atoms with van der Waals surface area (Å²) in [5, 5.41) is 0.0376. The molecule has 24 heavy (non-hydrogen) atoms. The van der Waals surface area contributed by atoms with Gasteiger partial charge in [0.2, 0.25) is 5.56 Å². The third-order valence-corrected chi connectivity index (χ3v) is 5.38. The lowest BCUT2D eigenvalue weighted by atomic mass is 9.78. The Labute approximate surface area is 147 Å². The van der Waals surface area contributed by atoms with Crippen molar-refractivity contribution in [2.45, 2.75) is 52.7 Å². The molecule has 0 aliphatic carbocycles. The van der Waals surface area contributed by atoms with Crippen molar-refractivity contribution in [1.82, 2.24) is 4.98 Å². The third-order valence-electron chi connectivity index (χ3n) is 4.50. The maximum Gasteiger partial charge on any atom is 0.491 e. The van der Waals surface area contributed by atoms with Gasteiger partial charge < -0.3 is 14.3 Å². The molecule has 1 aromatic heterocycles. The lowest BCUT2D eigenvalue weighted by Crippen LogP contribution is -2.41. The number of pyridine rings is 1. The zero-order valence-electron chi connectivity index (χ0n) is 15.1. The second-order valence-corrected chi connectivity index (χ2v) is 8.14. The molecule has 1 aliphatic heterocycles. The van der Waals surface area contributed by atoms with Gasteiger partial charge in [0.1, 0.15) is 0 Å². The van der Waals surface area contributed by atoms with Crippen LogP contribution in [-0.4, -0.2) is 34.2 Å². The molecule has 0 spiro atoms. The average molecular weight is 349 g/mol. The first-order chi connectivity index (χ1) is 11.0. The molecule has 0 radical (unpaired) electrons. The van der Waals surface area contributed by atoms with Gasteiger partial charge in [-0.1, -0.05) is 17.8 Å². The summed E-state index contributed by atoms with van der Waals surface area (Å²) >= 11 is 1.22. The quantitative estimate of drug-likeness (QED) is 0.847. The van der Waals surface area contributed by atoms with E-state index in [1.165, 1.54) is 24.8 Å². The zero-order valence-corrected chi connectivity index (χ0v) is 15.9. The molecule has 5 nitrogen and oxygen atoms in total. The fourth-order valence-electron chi connectivity index (χ4n) is 2.30. The van der Waals surface area contributed by atoms with Crippen LogP contribution in [-0.2, 0) is 14.1 Å². The van der Waals surface area contributed by atoms with Crippen molar-refractivity contribution < 1.29 is 14.1 Å². The van der Waals surface area contributed by atoms with Crippen LogP contribution in [0, 0.1) is 6.92 Å². The van der Waals surface area contributed by atoms with Gasteiger partial charge in [-0.3, -0.25) is 9.59 Å². The highest BCUT2D eigenvalue weighted by atomic mass is 32.2. The number of aromatic amines is 1. The first-order valence-electron chi connectivity index (χ1n) is 7.91. The second-order valence-electron chi connectivity index (χ2n) is 6.99. The van der Waals surface area contributed by atoms with Crippen LogP contribution in [0.25, 0.3) is 6.08 Å². The van der Waals surface area contributed by atoms with Crippen LogP contribution in [0.2, 0.25) is 0 Å². The zero-order chi connectivity index (χ0) is 18.1. The van der Waals surface area contributed by atoms with Gasteiger partial charge in [0.05, 0.1) is 11.2 Å². The summed E-state index contributed by atoms with van der Waals surface area (Å²) in [6.45, 7) is 11.4. The number of nitrogens with one attached hydrogen (secondary N) is 1. The van der Waals surface area contributed by atoms with E-state index in [0.29, 0.717) is 5.75 Å². The Morgan fingerprint density at radius 1 is 1.25 bits per heavy atom. The largest absolute Gasteiger partial charge is 0.491 e. The highest BCUT2D eigenvalue weighted by Gasteiger charge is 2.52. The van der Waals surface area contributed by atoms with Crippen molar-refractivity contribution in [3.8, 4) is 0 Å². The average Bonchev–Trinajstić information content (AvgIpc) is 2.65. The van der Waals surface area contributed by atoms with Gasteiger partial charge in [0.25, 0.3) is 0 Å². The Balaban J connectivity index is 2.37. The molecule has 130 valence electrons. The number of hydrogen-bond acceptors (Lipinski definition) is 5. The van der Waals surface area contributed by atoms with Crippen LogP contribution in [0.4, 0.5) is 0 Å². The number of hydrogen-bond donors (Lipinski definition) is 1. The molecule has 0 unspecified atom stereocenters. The minimum atomic E-state index is -0.520. The smallest absolute Gasteiger partial charge is 0.400 e. The van der Waals surface area contributed by atoms with E-state index in [0.717, 1.165) is 16.7 Å². The Hall–Kier alpha value is -1.31. The van der Waals surface area contributed by atoms with Crippen LogP contribution in [0.15, 0.2) is 22.4 Å². The van der Waals surface area contributed by atoms with Crippen LogP contribution >= 0.6 is 11.8 Å². The van der Waals surface area contributed by atoms with E-state index in [4.69, 9.17) is 9.31 Å². The molecule has 1 fully saturated rings. The lowest BCUT2D eigenvalue weighted by Gasteiger charge is -2.32. The number of carbonyl (C=O) groups excluding carboxylic acids is 1. The summed E-state index contributed by atoms with van der Waals surface area (Å²) in [5.41, 5.74) is 1.48. The van der Waals surface area contributed by atoms with E-state index in [9.17, 15) is 9.59 Å². The number of aromatic nitrogens is 1. The minimum absolute atomic E-state index is 0.0376. The van der Waals surface area contributed by atoms with E-state index in [1.54, 1.807) is 6.07 Å². The van der Waals surface area contributed by atoms with E-state index in [1.807, 2.05) is 40.7 Å². The van der Waals surface area contributed by atoms with Gasteiger partial charge in [-0.05, 0) is 51.7 Å². The molecule has 0 bridgehead atoms. The predicted octanol–water partition coefficient (Wildman–Crippen LogP) is 2.98. The molecule has 2 heterocycles. The fourth-order valence-corrected chi connectivity index (χ4v) is 2.89. The first-order valence-corrected chi connectivity index (χ1v) is 8.90. The molecule has 1 N–H and O–H groups in total. The first kappa shape index (κ1) is 19.0. The molecule has 0 saturated carbocycles. The van der Waals surface area contributed by atoms with Gasteiger partial charge in [-0.25, -0.2) is 0 Å². The Morgan fingerprint density at radius 3 is 2.33 bits per heavy atom. The standard InChI is InChI=1S/C17H24BNO4S/c1-11-13(7-8-15(21)19-11)9-14(10-24-12(2)20)18-22-16(3,4)17(5,6)23-18/h7-9H,10H2,1-6H3,(H,19,21). The minimum Gasteiger partial charge on any atom is -0.400 e. The second kappa shape index (κ2) is 6.90. The summed E-state index contributed by atoms with van der Waals surface area (Å²) < 4.78 is 12.2. The molecular formula is C17H24BNO4S. The number of rotatable bonds is 4. The third kappa shape index (κ3) is 4.20. The molecule has 1 aromatic rings. The van der Waals surface area contributed by atoms with Gasteiger partial charge in [-0.15, -0.1) is 0 Å². The molecule has 0 atom stereocenters. The normalized spacial score (nSPS) is 19.6. The van der Waals surface area contributed by atoms with Crippen molar-refractivity contribution in [1.29, 1.82) is 0 Å². The van der Waals surface area contributed by atoms with Crippen molar-refractivity contribution in [2.75, 3.05) is 5.75 Å². The van der Waals surface area contributed by atoms with Crippen molar-refractivity contribution in [3.05, 3.63) is 39.2 Å². The topological polar surface area (TPSA) is 68.4 Å². The van der Waals surface area contributed by atoms with E-state index in [2.05, 4.69) is 4.98 Å². The van der Waals surface area contributed by atoms with E-state index in [-0.39, 0.29) is 10.7 Å². The monoisotopic (exact) mass is 349 g/mol. The highest BCUT2D eigenvalue weighted by molar-refractivity contribution is 8.13. The Bertz CT molecular complexity index is 708. The van der Waals surface area contributed by atoms with Crippen LogP contribution in [0.3, 0.4) is 0 Å². The van der Waals surface area contributed by atoms with Crippen LogP contribution < -0.4 is 5.56 Å². The van der Waals surface area contributed by atoms with E-state index >= 15 is 0 Å². The number of thioether (sulfide) groups is 1. The summed E-state index contributed by atoms with van der Waals surface area (Å²) in [5.74, 6) is 0.477. The molecule has 1 aliphatic rings. The molecule has 2 rings (SSSR count).